The standard InChI is InChI=1S/C18H23F2N3O2/c19-14-3-4-16(15(20)12-14)21-18(25)23-9-5-13(6-10-23)11-17(24)22-7-1-2-8-22/h3-4,12-13H,1-2,5-11H2,(H,21,25). The number of piperidine rings is 1. The Bertz CT molecular complexity index is 639. The number of rotatable bonds is 3. The SMILES string of the molecule is O=C(CC1CCN(C(=O)Nc2ccc(F)cc2F)CC1)N1CCCC1. The fourth-order valence-electron chi connectivity index (χ4n) is 3.47. The van der Waals surface area contributed by atoms with E-state index in [-0.39, 0.29) is 11.6 Å². The molecule has 0 spiro atoms. The molecule has 0 unspecified atom stereocenters. The Morgan fingerprint density at radius 2 is 1.72 bits per heavy atom. The van der Waals surface area contributed by atoms with Gasteiger partial charge in [0.15, 0.2) is 0 Å². The van der Waals surface area contributed by atoms with E-state index in [9.17, 15) is 18.4 Å². The summed E-state index contributed by atoms with van der Waals surface area (Å²) in [6.07, 6.45) is 4.24. The molecule has 2 aliphatic heterocycles. The number of amides is 3. The number of benzene rings is 1. The number of halogens is 2. The Hall–Kier alpha value is -2.18. The van der Waals surface area contributed by atoms with Gasteiger partial charge in [0.05, 0.1) is 5.69 Å². The van der Waals surface area contributed by atoms with Crippen molar-refractivity contribution in [1.82, 2.24) is 9.80 Å². The Kier molecular flexibility index (Phi) is 5.50. The summed E-state index contributed by atoms with van der Waals surface area (Å²) in [5.74, 6) is -0.966. The molecular weight excluding hydrogens is 328 g/mol. The molecule has 3 rings (SSSR count). The molecule has 136 valence electrons. The molecule has 2 heterocycles. The molecule has 3 amide bonds. The van der Waals surface area contributed by atoms with Gasteiger partial charge in [-0.3, -0.25) is 4.79 Å². The monoisotopic (exact) mass is 351 g/mol. The lowest BCUT2D eigenvalue weighted by Crippen LogP contribution is -2.42. The zero-order valence-electron chi connectivity index (χ0n) is 14.1. The minimum absolute atomic E-state index is 0.0299. The molecule has 0 atom stereocenters. The Balaban J connectivity index is 1.46. The highest BCUT2D eigenvalue weighted by atomic mass is 19.1. The van der Waals surface area contributed by atoms with E-state index < -0.39 is 17.7 Å². The first-order valence-electron chi connectivity index (χ1n) is 8.81. The third-order valence-electron chi connectivity index (χ3n) is 5.00. The average Bonchev–Trinajstić information content (AvgIpc) is 3.13. The first-order valence-corrected chi connectivity index (χ1v) is 8.81. The maximum atomic E-state index is 13.6. The highest BCUT2D eigenvalue weighted by Gasteiger charge is 2.27. The van der Waals surface area contributed by atoms with Crippen LogP contribution in [0.25, 0.3) is 0 Å². The Labute approximate surface area is 146 Å². The molecule has 2 aliphatic rings. The van der Waals surface area contributed by atoms with Crippen LogP contribution >= 0.6 is 0 Å². The number of nitrogens with zero attached hydrogens (tertiary/aromatic N) is 2. The van der Waals surface area contributed by atoms with Gasteiger partial charge in [-0.1, -0.05) is 0 Å². The van der Waals surface area contributed by atoms with Gasteiger partial charge in [-0.2, -0.15) is 0 Å². The number of hydrogen-bond acceptors (Lipinski definition) is 2. The molecule has 25 heavy (non-hydrogen) atoms. The molecule has 1 N–H and O–H groups in total. The predicted molar refractivity (Wildman–Crippen MR) is 90.1 cm³/mol. The highest BCUT2D eigenvalue weighted by Crippen LogP contribution is 2.23. The van der Waals surface area contributed by atoms with Crippen molar-refractivity contribution in [3.8, 4) is 0 Å². The molecule has 0 aromatic heterocycles. The van der Waals surface area contributed by atoms with E-state index in [4.69, 9.17) is 0 Å². The quantitative estimate of drug-likeness (QED) is 0.909. The molecule has 2 fully saturated rings. The van der Waals surface area contributed by atoms with Crippen LogP contribution in [0.4, 0.5) is 19.3 Å². The van der Waals surface area contributed by atoms with Gasteiger partial charge in [0.1, 0.15) is 11.6 Å². The van der Waals surface area contributed by atoms with Gasteiger partial charge in [0.2, 0.25) is 5.91 Å². The number of nitrogens with one attached hydrogen (secondary N) is 1. The zero-order valence-corrected chi connectivity index (χ0v) is 14.1. The van der Waals surface area contributed by atoms with E-state index in [1.54, 1.807) is 4.90 Å². The highest BCUT2D eigenvalue weighted by molar-refractivity contribution is 5.89. The second-order valence-electron chi connectivity index (χ2n) is 6.78. The third kappa shape index (κ3) is 4.46. The topological polar surface area (TPSA) is 52.7 Å². The second kappa shape index (κ2) is 7.80. The van der Waals surface area contributed by atoms with E-state index in [1.165, 1.54) is 6.07 Å². The van der Waals surface area contributed by atoms with E-state index in [0.29, 0.717) is 25.4 Å². The average molecular weight is 351 g/mol. The van der Waals surface area contributed by atoms with Crippen LogP contribution in [0.3, 0.4) is 0 Å². The molecule has 1 aromatic carbocycles. The Morgan fingerprint density at radius 3 is 2.36 bits per heavy atom. The first-order chi connectivity index (χ1) is 12.0. The van der Waals surface area contributed by atoms with Crippen LogP contribution in [0.5, 0.6) is 0 Å². The molecule has 0 bridgehead atoms. The summed E-state index contributed by atoms with van der Waals surface area (Å²) in [5.41, 5.74) is -0.0299. The third-order valence-corrected chi connectivity index (χ3v) is 5.00. The molecular formula is C18H23F2N3O2. The van der Waals surface area contributed by atoms with Crippen LogP contribution in [0.1, 0.15) is 32.1 Å². The van der Waals surface area contributed by atoms with Gasteiger partial charge in [-0.25, -0.2) is 13.6 Å². The van der Waals surface area contributed by atoms with Crippen LogP contribution in [0, 0.1) is 17.6 Å². The fraction of sp³-hybridized carbons (Fsp3) is 0.556. The summed E-state index contributed by atoms with van der Waals surface area (Å²) in [7, 11) is 0. The van der Waals surface area contributed by atoms with Crippen LogP contribution in [0.15, 0.2) is 18.2 Å². The van der Waals surface area contributed by atoms with Gasteiger partial charge in [-0.15, -0.1) is 0 Å². The molecule has 7 heteroatoms. The molecule has 0 aliphatic carbocycles. The lowest BCUT2D eigenvalue weighted by atomic mass is 9.93. The van der Waals surface area contributed by atoms with Crippen LogP contribution in [-0.2, 0) is 4.79 Å². The number of carbonyl (C=O) groups excluding carboxylic acids is 2. The van der Waals surface area contributed by atoms with E-state index in [1.807, 2.05) is 4.90 Å². The molecule has 5 nitrogen and oxygen atoms in total. The van der Waals surface area contributed by atoms with Gasteiger partial charge in [0.25, 0.3) is 0 Å². The van der Waals surface area contributed by atoms with Crippen molar-refractivity contribution in [3.63, 3.8) is 0 Å². The van der Waals surface area contributed by atoms with Crippen molar-refractivity contribution < 1.29 is 18.4 Å². The lowest BCUT2D eigenvalue weighted by molar-refractivity contribution is -0.131. The summed E-state index contributed by atoms with van der Waals surface area (Å²) in [6.45, 7) is 2.80. The number of anilines is 1. The number of urea groups is 1. The molecule has 1 aromatic rings. The minimum atomic E-state index is -0.792. The summed E-state index contributed by atoms with van der Waals surface area (Å²) in [4.78, 5) is 28.0. The van der Waals surface area contributed by atoms with Crippen LogP contribution in [0.2, 0.25) is 0 Å². The summed E-state index contributed by atoms with van der Waals surface area (Å²) >= 11 is 0. The minimum Gasteiger partial charge on any atom is -0.343 e. The van der Waals surface area contributed by atoms with Crippen molar-refractivity contribution in [2.45, 2.75) is 32.1 Å². The number of hydrogen-bond donors (Lipinski definition) is 1. The first kappa shape index (κ1) is 17.6. The van der Waals surface area contributed by atoms with Gasteiger partial charge >= 0.3 is 6.03 Å². The maximum absolute atomic E-state index is 13.6. The molecule has 0 saturated carbocycles. The van der Waals surface area contributed by atoms with Gasteiger partial charge in [0, 0.05) is 38.7 Å². The number of likely N-dealkylation sites (tertiary alicyclic amines) is 2. The Morgan fingerprint density at radius 1 is 1.04 bits per heavy atom. The number of carbonyl (C=O) groups is 2. The fourth-order valence-corrected chi connectivity index (χ4v) is 3.47. The van der Waals surface area contributed by atoms with Crippen molar-refractivity contribution in [3.05, 3.63) is 29.8 Å². The van der Waals surface area contributed by atoms with Crippen molar-refractivity contribution in [2.24, 2.45) is 5.92 Å². The zero-order chi connectivity index (χ0) is 17.8. The smallest absolute Gasteiger partial charge is 0.321 e. The maximum Gasteiger partial charge on any atom is 0.321 e. The summed E-state index contributed by atoms with van der Waals surface area (Å²) in [5, 5.41) is 2.48. The second-order valence-corrected chi connectivity index (χ2v) is 6.78. The largest absolute Gasteiger partial charge is 0.343 e. The van der Waals surface area contributed by atoms with E-state index in [0.717, 1.165) is 50.9 Å². The normalized spacial score (nSPS) is 18.5. The summed E-state index contributed by atoms with van der Waals surface area (Å²) < 4.78 is 26.5. The van der Waals surface area contributed by atoms with E-state index in [2.05, 4.69) is 5.32 Å². The van der Waals surface area contributed by atoms with E-state index >= 15 is 0 Å². The molecule has 2 saturated heterocycles. The predicted octanol–water partition coefficient (Wildman–Crippen LogP) is 3.22. The van der Waals surface area contributed by atoms with Crippen molar-refractivity contribution >= 4 is 17.6 Å². The van der Waals surface area contributed by atoms with Crippen LogP contribution < -0.4 is 5.32 Å². The molecule has 0 radical (unpaired) electrons. The summed E-state index contributed by atoms with van der Waals surface area (Å²) in [6, 6.07) is 2.67. The lowest BCUT2D eigenvalue weighted by Gasteiger charge is -2.32. The van der Waals surface area contributed by atoms with Gasteiger partial charge in [-0.05, 0) is 43.7 Å². The van der Waals surface area contributed by atoms with Gasteiger partial charge < -0.3 is 15.1 Å². The van der Waals surface area contributed by atoms with Crippen molar-refractivity contribution in [1.29, 1.82) is 0 Å². The van der Waals surface area contributed by atoms with Crippen LogP contribution in [-0.4, -0.2) is 47.9 Å². The van der Waals surface area contributed by atoms with Crippen molar-refractivity contribution in [2.75, 3.05) is 31.5 Å².